The fraction of sp³-hybridized carbons (Fsp3) is 0.316. The van der Waals surface area contributed by atoms with Gasteiger partial charge in [0.2, 0.25) is 0 Å². The predicted octanol–water partition coefficient (Wildman–Crippen LogP) is 3.17. The molecule has 0 atom stereocenters. The summed E-state index contributed by atoms with van der Waals surface area (Å²) in [5, 5.41) is 3.92. The average molecular weight is 518 g/mol. The maximum atomic E-state index is 13.6. The highest BCUT2D eigenvalue weighted by atomic mass is 32.2. The van der Waals surface area contributed by atoms with Gasteiger partial charge in [-0.3, -0.25) is 9.88 Å². The van der Waals surface area contributed by atoms with Crippen LogP contribution in [-0.4, -0.2) is 63.6 Å². The van der Waals surface area contributed by atoms with E-state index in [-0.39, 0.29) is 44.0 Å². The van der Waals surface area contributed by atoms with Crippen molar-refractivity contribution >= 4 is 21.6 Å². The van der Waals surface area contributed by atoms with Gasteiger partial charge in [0.15, 0.2) is 15.7 Å². The van der Waals surface area contributed by atoms with Crippen LogP contribution in [-0.2, 0) is 21.2 Å². The van der Waals surface area contributed by atoms with Gasteiger partial charge in [-0.1, -0.05) is 6.92 Å². The minimum atomic E-state index is -5.90. The number of amides is 1. The van der Waals surface area contributed by atoms with E-state index in [2.05, 4.69) is 20.1 Å². The largest absolute Gasteiger partial charge is 0.455 e. The summed E-state index contributed by atoms with van der Waals surface area (Å²) in [5.74, 6) is -5.30. The third-order valence-corrected chi connectivity index (χ3v) is 6.81. The molecule has 10 nitrogen and oxygen atoms in total. The number of aromatic nitrogens is 5. The molecule has 0 saturated heterocycles. The van der Waals surface area contributed by atoms with Crippen LogP contribution < -0.4 is 4.90 Å². The van der Waals surface area contributed by atoms with Gasteiger partial charge in [-0.2, -0.15) is 27.1 Å². The fourth-order valence-corrected chi connectivity index (χ4v) is 4.24. The summed E-state index contributed by atoms with van der Waals surface area (Å²) in [6.45, 7) is -1.06. The van der Waals surface area contributed by atoms with Crippen LogP contribution in [0.15, 0.2) is 41.9 Å². The first-order valence-electron chi connectivity index (χ1n) is 9.81. The smallest absolute Gasteiger partial charge is 0.444 e. The predicted molar refractivity (Wildman–Crippen MR) is 109 cm³/mol. The number of anilines is 1. The first kappa shape index (κ1) is 24.4. The minimum absolute atomic E-state index is 0.0281. The lowest BCUT2D eigenvalue weighted by Crippen LogP contribution is -2.50. The van der Waals surface area contributed by atoms with E-state index in [4.69, 9.17) is 4.74 Å². The normalized spacial score (nSPS) is 14.6. The maximum absolute atomic E-state index is 13.6. The Hall–Kier alpha value is -3.69. The molecule has 0 aromatic carbocycles. The quantitative estimate of drug-likeness (QED) is 0.457. The minimum Gasteiger partial charge on any atom is -0.444 e. The van der Waals surface area contributed by atoms with Gasteiger partial charge in [0.1, 0.15) is 31.5 Å². The van der Waals surface area contributed by atoms with Crippen LogP contribution in [0.25, 0.3) is 17.2 Å². The molecular formula is C19H15F5N6O4S. The Morgan fingerprint density at radius 2 is 1.91 bits per heavy atom. The molecule has 0 fully saturated rings. The molecule has 0 N–H and O–H groups in total. The Bertz CT molecular complexity index is 1380. The van der Waals surface area contributed by atoms with Gasteiger partial charge in [-0.05, 0) is 18.2 Å². The number of alkyl halides is 5. The van der Waals surface area contributed by atoms with Crippen molar-refractivity contribution in [2.45, 2.75) is 30.5 Å². The van der Waals surface area contributed by atoms with Gasteiger partial charge >= 0.3 is 18.2 Å². The molecule has 0 aliphatic carbocycles. The summed E-state index contributed by atoms with van der Waals surface area (Å²) in [6.07, 6.45) is -3.86. The summed E-state index contributed by atoms with van der Waals surface area (Å²) in [6, 6.07) is 3.89. The second kappa shape index (κ2) is 8.51. The molecule has 0 saturated carbocycles. The number of pyridine rings is 2. The summed E-state index contributed by atoms with van der Waals surface area (Å²) >= 11 is 0. The molecule has 1 amide bonds. The van der Waals surface area contributed by atoms with E-state index in [9.17, 15) is 35.2 Å². The highest BCUT2D eigenvalue weighted by Crippen LogP contribution is 2.39. The van der Waals surface area contributed by atoms with E-state index in [0.29, 0.717) is 0 Å². The Labute approximate surface area is 194 Å². The van der Waals surface area contributed by atoms with E-state index in [1.54, 1.807) is 0 Å². The molecule has 0 bridgehead atoms. The lowest BCUT2D eigenvalue weighted by Gasteiger charge is -2.32. The molecule has 1 aliphatic rings. The van der Waals surface area contributed by atoms with Crippen LogP contribution in [0.3, 0.4) is 0 Å². The molecule has 0 unspecified atom stereocenters. The zero-order chi connectivity index (χ0) is 25.6. The number of ether oxygens (including phenoxy) is 1. The van der Waals surface area contributed by atoms with Crippen LogP contribution in [0, 0.1) is 0 Å². The molecule has 4 rings (SSSR count). The van der Waals surface area contributed by atoms with Crippen LogP contribution in [0.1, 0.15) is 12.5 Å². The zero-order valence-corrected chi connectivity index (χ0v) is 18.5. The van der Waals surface area contributed by atoms with E-state index in [1.165, 1.54) is 42.5 Å². The molecule has 0 radical (unpaired) electrons. The molecule has 0 spiro atoms. The SMILES string of the molecule is CCS(=O)(=O)c1ccc(-n2cncn2)nc1-c1cc2c(cn1)N(CC(F)(F)C(F)(F)F)C(=O)OC2. The highest BCUT2D eigenvalue weighted by Gasteiger charge is 2.59. The molecule has 186 valence electrons. The van der Waals surface area contributed by atoms with E-state index in [0.717, 1.165) is 6.20 Å². The first-order valence-corrected chi connectivity index (χ1v) is 11.5. The Kier molecular flexibility index (Phi) is 5.94. The Balaban J connectivity index is 1.81. The summed E-state index contributed by atoms with van der Waals surface area (Å²) in [4.78, 5) is 24.0. The summed E-state index contributed by atoms with van der Waals surface area (Å²) < 4.78 is 96.7. The third kappa shape index (κ3) is 4.52. The number of carbonyl (C=O) groups is 1. The van der Waals surface area contributed by atoms with Crippen molar-refractivity contribution in [2.75, 3.05) is 17.2 Å². The number of halogens is 5. The third-order valence-electron chi connectivity index (χ3n) is 5.05. The van der Waals surface area contributed by atoms with Crippen molar-refractivity contribution in [1.29, 1.82) is 0 Å². The van der Waals surface area contributed by atoms with Crippen LogP contribution in [0.5, 0.6) is 0 Å². The number of nitrogens with zero attached hydrogens (tertiary/aromatic N) is 6. The van der Waals surface area contributed by atoms with Gasteiger partial charge in [-0.25, -0.2) is 27.9 Å². The number of rotatable bonds is 6. The van der Waals surface area contributed by atoms with Crippen molar-refractivity contribution < 1.29 is 39.9 Å². The van der Waals surface area contributed by atoms with Crippen molar-refractivity contribution in [2.24, 2.45) is 0 Å². The van der Waals surface area contributed by atoms with Crippen molar-refractivity contribution in [3.05, 3.63) is 42.6 Å². The molecule has 1 aliphatic heterocycles. The molecular weight excluding hydrogens is 503 g/mol. The molecule has 35 heavy (non-hydrogen) atoms. The lowest BCUT2D eigenvalue weighted by atomic mass is 10.1. The van der Waals surface area contributed by atoms with E-state index in [1.807, 2.05) is 0 Å². The second-order valence-corrected chi connectivity index (χ2v) is 9.55. The Morgan fingerprint density at radius 3 is 2.54 bits per heavy atom. The van der Waals surface area contributed by atoms with Crippen molar-refractivity contribution in [3.8, 4) is 17.2 Å². The summed E-state index contributed by atoms with van der Waals surface area (Å²) in [5.41, 5.74) is -0.466. The number of hydrogen-bond donors (Lipinski definition) is 0. The van der Waals surface area contributed by atoms with Gasteiger partial charge < -0.3 is 4.74 Å². The first-order chi connectivity index (χ1) is 16.3. The number of hydrogen-bond acceptors (Lipinski definition) is 8. The van der Waals surface area contributed by atoms with Gasteiger partial charge in [0.05, 0.1) is 28.2 Å². The van der Waals surface area contributed by atoms with Crippen molar-refractivity contribution in [3.63, 3.8) is 0 Å². The van der Waals surface area contributed by atoms with Crippen molar-refractivity contribution in [1.82, 2.24) is 24.7 Å². The molecule has 3 aromatic rings. The van der Waals surface area contributed by atoms with Crippen LogP contribution in [0.2, 0.25) is 0 Å². The second-order valence-electron chi connectivity index (χ2n) is 7.30. The average Bonchev–Trinajstić information content (AvgIpc) is 3.34. The topological polar surface area (TPSA) is 120 Å². The number of fused-ring (bicyclic) bond motifs is 1. The van der Waals surface area contributed by atoms with Gasteiger partial charge in [0.25, 0.3) is 0 Å². The van der Waals surface area contributed by atoms with E-state index < -0.39 is 41.2 Å². The standard InChI is InChI=1S/C19H15F5N6O4S/c1-2-35(32,33)14-3-4-15(30-10-25-9-27-30)28-16(14)12-5-11-7-34-17(31)29(13(11)6-26-12)8-18(20,21)19(22,23)24/h3-6,9-10H,2,7-8H2,1H3. The highest BCUT2D eigenvalue weighted by molar-refractivity contribution is 7.91. The lowest BCUT2D eigenvalue weighted by molar-refractivity contribution is -0.276. The molecule has 3 aromatic heterocycles. The molecule has 16 heteroatoms. The van der Waals surface area contributed by atoms with Gasteiger partial charge in [0, 0.05) is 5.56 Å². The maximum Gasteiger partial charge on any atom is 0.455 e. The molecule has 4 heterocycles. The van der Waals surface area contributed by atoms with Crippen LogP contribution in [0.4, 0.5) is 32.4 Å². The zero-order valence-electron chi connectivity index (χ0n) is 17.7. The van der Waals surface area contributed by atoms with Gasteiger partial charge in [-0.15, -0.1) is 0 Å². The van der Waals surface area contributed by atoms with Crippen LogP contribution >= 0.6 is 0 Å². The number of cyclic esters (lactones) is 1. The monoisotopic (exact) mass is 518 g/mol. The fourth-order valence-electron chi connectivity index (χ4n) is 3.21. The van der Waals surface area contributed by atoms with E-state index >= 15 is 0 Å². The summed E-state index contributed by atoms with van der Waals surface area (Å²) in [7, 11) is -3.81. The Morgan fingerprint density at radius 1 is 1.17 bits per heavy atom. The number of carbonyl (C=O) groups excluding carboxylic acids is 1. The number of sulfone groups is 1.